The molecule has 0 amide bonds. The van der Waals surface area contributed by atoms with Crippen molar-refractivity contribution in [2.45, 2.75) is 46.0 Å². The first-order valence-electron chi connectivity index (χ1n) is 4.46. The quantitative estimate of drug-likeness (QED) is 0.575. The highest BCUT2D eigenvalue weighted by atomic mass is 32.2. The lowest BCUT2D eigenvalue weighted by atomic mass is 10.2. The largest absolute Gasteiger partial charge is 0.287 e. The maximum Gasteiger partial charge on any atom is 0.188 e. The van der Waals surface area contributed by atoms with Gasteiger partial charge < -0.3 is 0 Å². The first-order valence-corrected chi connectivity index (χ1v) is 5.45. The molecule has 0 aromatic rings. The summed E-state index contributed by atoms with van der Waals surface area (Å²) < 4.78 is 0. The number of hydrogen-bond acceptors (Lipinski definition) is 2. The molecule has 0 saturated heterocycles. The fourth-order valence-corrected chi connectivity index (χ4v) is 1.54. The van der Waals surface area contributed by atoms with Gasteiger partial charge in [0.1, 0.15) is 0 Å². The van der Waals surface area contributed by atoms with Crippen molar-refractivity contribution >= 4 is 16.9 Å². The molecule has 0 radical (unpaired) electrons. The molecule has 1 nitrogen and oxygen atoms in total. The Bertz CT molecular complexity index is 102. The van der Waals surface area contributed by atoms with Gasteiger partial charge in [0, 0.05) is 6.42 Å². The van der Waals surface area contributed by atoms with Crippen LogP contribution < -0.4 is 0 Å². The Morgan fingerprint density at radius 1 is 1.18 bits per heavy atom. The van der Waals surface area contributed by atoms with E-state index in [0.29, 0.717) is 5.12 Å². The molecule has 0 N–H and O–H groups in total. The molecule has 0 unspecified atom stereocenters. The zero-order valence-electron chi connectivity index (χ0n) is 7.56. The van der Waals surface area contributed by atoms with Crippen LogP contribution in [-0.2, 0) is 4.79 Å². The number of carbonyl (C=O) groups is 1. The second-order valence-corrected chi connectivity index (χ2v) is 3.94. The van der Waals surface area contributed by atoms with Gasteiger partial charge in [-0.3, -0.25) is 4.79 Å². The predicted molar refractivity (Wildman–Crippen MR) is 51.9 cm³/mol. The first-order chi connectivity index (χ1) is 5.31. The van der Waals surface area contributed by atoms with Crippen molar-refractivity contribution in [2.75, 3.05) is 5.75 Å². The van der Waals surface area contributed by atoms with Crippen molar-refractivity contribution in [1.82, 2.24) is 0 Å². The third-order valence-corrected chi connectivity index (χ3v) is 2.35. The number of thioether (sulfide) groups is 1. The molecule has 0 aromatic carbocycles. The molecule has 0 fully saturated rings. The van der Waals surface area contributed by atoms with Gasteiger partial charge in [-0.05, 0) is 12.2 Å². The highest BCUT2D eigenvalue weighted by molar-refractivity contribution is 8.13. The minimum atomic E-state index is 0.364. The van der Waals surface area contributed by atoms with E-state index in [1.54, 1.807) is 0 Å². The maximum atomic E-state index is 11.0. The summed E-state index contributed by atoms with van der Waals surface area (Å²) in [6.07, 6.45) is 5.59. The lowest BCUT2D eigenvalue weighted by molar-refractivity contribution is -0.111. The molecule has 11 heavy (non-hydrogen) atoms. The lowest BCUT2D eigenvalue weighted by Gasteiger charge is -1.97. The first kappa shape index (κ1) is 11.0. The van der Waals surface area contributed by atoms with Crippen LogP contribution in [0.25, 0.3) is 0 Å². The van der Waals surface area contributed by atoms with E-state index in [9.17, 15) is 4.79 Å². The highest BCUT2D eigenvalue weighted by Gasteiger charge is 1.98. The summed E-state index contributed by atoms with van der Waals surface area (Å²) in [4.78, 5) is 11.0. The average molecular weight is 174 g/mol. The molecule has 0 saturated carbocycles. The second-order valence-electron chi connectivity index (χ2n) is 2.62. The van der Waals surface area contributed by atoms with Gasteiger partial charge >= 0.3 is 0 Å². The van der Waals surface area contributed by atoms with Crippen molar-refractivity contribution in [1.29, 1.82) is 0 Å². The second kappa shape index (κ2) is 8.12. The Kier molecular flexibility index (Phi) is 8.13. The fraction of sp³-hybridized carbons (Fsp3) is 0.889. The normalized spacial score (nSPS) is 10.0. The molecule has 2 heteroatoms. The minimum absolute atomic E-state index is 0.364. The van der Waals surface area contributed by atoms with Crippen LogP contribution >= 0.6 is 11.8 Å². The Labute approximate surface area is 73.9 Å². The molecule has 66 valence electrons. The van der Waals surface area contributed by atoms with Crippen molar-refractivity contribution in [2.24, 2.45) is 0 Å². The average Bonchev–Trinajstić information content (AvgIpc) is 1.99. The van der Waals surface area contributed by atoms with Gasteiger partial charge in [0.15, 0.2) is 5.12 Å². The predicted octanol–water partition coefficient (Wildman–Crippen LogP) is 3.24. The Morgan fingerprint density at radius 3 is 2.45 bits per heavy atom. The van der Waals surface area contributed by atoms with E-state index >= 15 is 0 Å². The number of hydrogen-bond donors (Lipinski definition) is 0. The zero-order chi connectivity index (χ0) is 8.53. The van der Waals surface area contributed by atoms with Crippen LogP contribution in [0.4, 0.5) is 0 Å². The van der Waals surface area contributed by atoms with Gasteiger partial charge in [-0.1, -0.05) is 44.9 Å². The van der Waals surface area contributed by atoms with E-state index in [1.807, 2.05) is 6.92 Å². The number of unbranched alkanes of at least 4 members (excludes halogenated alkanes) is 3. The molecule has 0 heterocycles. The Morgan fingerprint density at radius 2 is 1.91 bits per heavy atom. The summed E-state index contributed by atoms with van der Waals surface area (Å²) in [5, 5.41) is 0.364. The van der Waals surface area contributed by atoms with E-state index in [4.69, 9.17) is 0 Å². The van der Waals surface area contributed by atoms with Gasteiger partial charge in [0.05, 0.1) is 0 Å². The number of rotatable bonds is 6. The van der Waals surface area contributed by atoms with Crippen LogP contribution in [0.2, 0.25) is 0 Å². The summed E-state index contributed by atoms with van der Waals surface area (Å²) in [5.74, 6) is 0.923. The summed E-state index contributed by atoms with van der Waals surface area (Å²) in [5.41, 5.74) is 0. The van der Waals surface area contributed by atoms with E-state index in [1.165, 1.54) is 31.0 Å². The minimum Gasteiger partial charge on any atom is -0.287 e. The molecule has 0 aliphatic heterocycles. The molecule has 0 bridgehead atoms. The molecule has 0 rings (SSSR count). The molecule has 0 aliphatic carbocycles. The van der Waals surface area contributed by atoms with E-state index < -0.39 is 0 Å². The van der Waals surface area contributed by atoms with Crippen molar-refractivity contribution in [3.63, 3.8) is 0 Å². The molecular weight excluding hydrogens is 156 g/mol. The standard InChI is InChI=1S/C9H18OS/c1-3-5-6-7-8-9(10)11-4-2/h3-8H2,1-2H3. The summed E-state index contributed by atoms with van der Waals surface area (Å²) >= 11 is 1.45. The molecule has 0 aliphatic rings. The molecule has 0 spiro atoms. The smallest absolute Gasteiger partial charge is 0.188 e. The van der Waals surface area contributed by atoms with Crippen molar-refractivity contribution in [3.05, 3.63) is 0 Å². The van der Waals surface area contributed by atoms with E-state index in [-0.39, 0.29) is 0 Å². The van der Waals surface area contributed by atoms with Crippen LogP contribution in [0.3, 0.4) is 0 Å². The van der Waals surface area contributed by atoms with Gasteiger partial charge in [-0.25, -0.2) is 0 Å². The van der Waals surface area contributed by atoms with Crippen LogP contribution in [-0.4, -0.2) is 10.9 Å². The maximum absolute atomic E-state index is 11.0. The van der Waals surface area contributed by atoms with Crippen LogP contribution in [0.15, 0.2) is 0 Å². The molecule has 0 atom stereocenters. The highest BCUT2D eigenvalue weighted by Crippen LogP contribution is 2.09. The van der Waals surface area contributed by atoms with Crippen molar-refractivity contribution in [3.8, 4) is 0 Å². The van der Waals surface area contributed by atoms with Gasteiger partial charge in [-0.15, -0.1) is 0 Å². The van der Waals surface area contributed by atoms with Crippen LogP contribution in [0, 0.1) is 0 Å². The summed E-state index contributed by atoms with van der Waals surface area (Å²) in [7, 11) is 0. The summed E-state index contributed by atoms with van der Waals surface area (Å²) in [6.45, 7) is 4.21. The third kappa shape index (κ3) is 7.92. The monoisotopic (exact) mass is 174 g/mol. The van der Waals surface area contributed by atoms with Gasteiger partial charge in [0.2, 0.25) is 0 Å². The number of carbonyl (C=O) groups excluding carboxylic acids is 1. The Hall–Kier alpha value is 0.0200. The topological polar surface area (TPSA) is 17.1 Å². The van der Waals surface area contributed by atoms with Gasteiger partial charge in [0.25, 0.3) is 0 Å². The Balaban J connectivity index is 3.04. The van der Waals surface area contributed by atoms with E-state index in [0.717, 1.165) is 18.6 Å². The van der Waals surface area contributed by atoms with E-state index in [2.05, 4.69) is 6.92 Å². The van der Waals surface area contributed by atoms with Crippen LogP contribution in [0.1, 0.15) is 46.0 Å². The summed E-state index contributed by atoms with van der Waals surface area (Å²) in [6, 6.07) is 0. The SMILES string of the molecule is CCCCCCC(=O)SCC. The lowest BCUT2D eigenvalue weighted by Crippen LogP contribution is -1.91. The molecule has 0 aromatic heterocycles. The van der Waals surface area contributed by atoms with Gasteiger partial charge in [-0.2, -0.15) is 0 Å². The third-order valence-electron chi connectivity index (χ3n) is 1.54. The van der Waals surface area contributed by atoms with Crippen LogP contribution in [0.5, 0.6) is 0 Å². The fourth-order valence-electron chi connectivity index (χ4n) is 0.929. The zero-order valence-corrected chi connectivity index (χ0v) is 8.38. The van der Waals surface area contributed by atoms with Crippen molar-refractivity contribution < 1.29 is 4.79 Å². The molecular formula is C9H18OS.